The van der Waals surface area contributed by atoms with Crippen LogP contribution in [-0.2, 0) is 4.79 Å². The Bertz CT molecular complexity index is 154. The molecule has 0 spiro atoms. The van der Waals surface area contributed by atoms with Crippen molar-refractivity contribution < 1.29 is 4.79 Å². The fraction of sp³-hybridized carbons (Fsp3) is 0.875. The zero-order valence-corrected chi connectivity index (χ0v) is 7.25. The zero-order valence-electron chi connectivity index (χ0n) is 7.25. The van der Waals surface area contributed by atoms with Gasteiger partial charge in [0.25, 0.3) is 0 Å². The molecule has 0 bridgehead atoms. The number of nitrogens with two attached hydrogens (primary N) is 2. The number of piperidine rings is 1. The van der Waals surface area contributed by atoms with Crippen LogP contribution in [0.2, 0.25) is 0 Å². The van der Waals surface area contributed by atoms with Gasteiger partial charge in [0.15, 0.2) is 0 Å². The highest BCUT2D eigenvalue weighted by molar-refractivity contribution is 5.74. The van der Waals surface area contributed by atoms with Crippen molar-refractivity contribution in [2.75, 3.05) is 13.1 Å². The number of rotatable bonds is 3. The van der Waals surface area contributed by atoms with Crippen molar-refractivity contribution in [3.63, 3.8) is 0 Å². The molecule has 1 atom stereocenters. The molecule has 12 heavy (non-hydrogen) atoms. The topological polar surface area (TPSA) is 81.1 Å². The molecule has 1 unspecified atom stereocenters. The first-order valence-corrected chi connectivity index (χ1v) is 4.44. The maximum Gasteiger partial charge on any atom is 0.218 e. The first-order valence-electron chi connectivity index (χ1n) is 4.44. The summed E-state index contributed by atoms with van der Waals surface area (Å²) in [4.78, 5) is 10.6. The minimum atomic E-state index is -0.291. The Balaban J connectivity index is 2.29. The molecular weight excluding hydrogens is 154 g/mol. The van der Waals surface area contributed by atoms with Crippen molar-refractivity contribution in [3.8, 4) is 0 Å². The molecule has 1 aliphatic rings. The zero-order chi connectivity index (χ0) is 8.97. The summed E-state index contributed by atoms with van der Waals surface area (Å²) in [7, 11) is 0. The van der Waals surface area contributed by atoms with Gasteiger partial charge in [-0.3, -0.25) is 4.79 Å². The maximum atomic E-state index is 10.6. The normalized spacial score (nSPS) is 22.1. The van der Waals surface area contributed by atoms with Crippen molar-refractivity contribution in [3.05, 3.63) is 0 Å². The fourth-order valence-corrected chi connectivity index (χ4v) is 1.67. The molecule has 1 aliphatic heterocycles. The molecule has 0 radical (unpaired) electrons. The first kappa shape index (κ1) is 9.48. The van der Waals surface area contributed by atoms with Gasteiger partial charge in [-0.15, -0.1) is 0 Å². The van der Waals surface area contributed by atoms with E-state index in [-0.39, 0.29) is 11.9 Å². The lowest BCUT2D eigenvalue weighted by molar-refractivity contribution is -0.118. The van der Waals surface area contributed by atoms with Crippen molar-refractivity contribution in [2.24, 2.45) is 17.4 Å². The summed E-state index contributed by atoms with van der Waals surface area (Å²) >= 11 is 0. The average molecular weight is 171 g/mol. The Morgan fingerprint density at radius 3 is 2.58 bits per heavy atom. The van der Waals surface area contributed by atoms with Crippen molar-refractivity contribution in [1.82, 2.24) is 5.32 Å². The summed E-state index contributed by atoms with van der Waals surface area (Å²) < 4.78 is 0. The summed E-state index contributed by atoms with van der Waals surface area (Å²) in [6.07, 6.45) is 2.45. The summed E-state index contributed by atoms with van der Waals surface area (Å²) in [6, 6.07) is -0.0374. The summed E-state index contributed by atoms with van der Waals surface area (Å²) in [5.41, 5.74) is 10.9. The molecule has 1 amide bonds. The van der Waals surface area contributed by atoms with E-state index in [1.165, 1.54) is 0 Å². The van der Waals surface area contributed by atoms with E-state index in [1.54, 1.807) is 0 Å². The van der Waals surface area contributed by atoms with E-state index in [1.807, 2.05) is 0 Å². The highest BCUT2D eigenvalue weighted by atomic mass is 16.1. The van der Waals surface area contributed by atoms with Gasteiger partial charge in [-0.2, -0.15) is 0 Å². The Morgan fingerprint density at radius 2 is 2.08 bits per heavy atom. The molecule has 0 aromatic heterocycles. The van der Waals surface area contributed by atoms with Crippen molar-refractivity contribution in [1.29, 1.82) is 0 Å². The monoisotopic (exact) mass is 171 g/mol. The lowest BCUT2D eigenvalue weighted by atomic mass is 9.89. The second-order valence-corrected chi connectivity index (χ2v) is 3.42. The maximum absolute atomic E-state index is 10.6. The highest BCUT2D eigenvalue weighted by Crippen LogP contribution is 2.16. The number of nitrogens with one attached hydrogen (secondary N) is 1. The predicted molar refractivity (Wildman–Crippen MR) is 47.4 cm³/mol. The molecular formula is C8H17N3O. The molecule has 1 rings (SSSR count). The van der Waals surface area contributed by atoms with E-state index in [9.17, 15) is 4.79 Å². The summed E-state index contributed by atoms with van der Waals surface area (Å²) in [6.45, 7) is 2.02. The number of hydrogen-bond acceptors (Lipinski definition) is 3. The van der Waals surface area contributed by atoms with E-state index < -0.39 is 0 Å². The Morgan fingerprint density at radius 1 is 1.50 bits per heavy atom. The predicted octanol–water partition coefficient (Wildman–Crippen LogP) is -0.811. The Kier molecular flexibility index (Phi) is 3.49. The van der Waals surface area contributed by atoms with E-state index in [0.717, 1.165) is 25.9 Å². The number of amides is 1. The Hall–Kier alpha value is -0.610. The van der Waals surface area contributed by atoms with Gasteiger partial charge in [-0.05, 0) is 31.8 Å². The molecule has 0 aromatic carbocycles. The molecule has 5 N–H and O–H groups in total. The van der Waals surface area contributed by atoms with Gasteiger partial charge in [0, 0.05) is 12.5 Å². The fourth-order valence-electron chi connectivity index (χ4n) is 1.67. The van der Waals surface area contributed by atoms with Crippen LogP contribution in [-0.4, -0.2) is 25.0 Å². The van der Waals surface area contributed by atoms with Gasteiger partial charge in [-0.1, -0.05) is 0 Å². The molecule has 1 fully saturated rings. The molecule has 1 heterocycles. The van der Waals surface area contributed by atoms with Crippen LogP contribution in [0.25, 0.3) is 0 Å². The molecule has 70 valence electrons. The van der Waals surface area contributed by atoms with E-state index in [2.05, 4.69) is 5.32 Å². The SMILES string of the molecule is NC(=O)CC(N)C1CCNCC1. The van der Waals surface area contributed by atoms with Crippen molar-refractivity contribution in [2.45, 2.75) is 25.3 Å². The van der Waals surface area contributed by atoms with Gasteiger partial charge in [0.05, 0.1) is 0 Å². The van der Waals surface area contributed by atoms with Crippen LogP contribution < -0.4 is 16.8 Å². The van der Waals surface area contributed by atoms with Crippen molar-refractivity contribution >= 4 is 5.91 Å². The van der Waals surface area contributed by atoms with Gasteiger partial charge in [0.2, 0.25) is 5.91 Å². The standard InChI is InChI=1S/C8H17N3O/c9-7(5-8(10)12)6-1-3-11-4-2-6/h6-7,11H,1-5,9H2,(H2,10,12). The minimum Gasteiger partial charge on any atom is -0.370 e. The minimum absolute atomic E-state index is 0.0374. The molecule has 0 saturated carbocycles. The number of primary amides is 1. The van der Waals surface area contributed by atoms with Crippen LogP contribution in [0.1, 0.15) is 19.3 Å². The quantitative estimate of drug-likeness (QED) is 0.519. The molecule has 4 nitrogen and oxygen atoms in total. The smallest absolute Gasteiger partial charge is 0.218 e. The lowest BCUT2D eigenvalue weighted by Gasteiger charge is -2.27. The van der Waals surface area contributed by atoms with Crippen LogP contribution >= 0.6 is 0 Å². The average Bonchev–Trinajstić information content (AvgIpc) is 2.05. The third kappa shape index (κ3) is 2.79. The van der Waals surface area contributed by atoms with E-state index in [4.69, 9.17) is 11.5 Å². The number of carbonyl (C=O) groups is 1. The lowest BCUT2D eigenvalue weighted by Crippen LogP contribution is -2.40. The molecule has 0 aliphatic carbocycles. The van der Waals surface area contributed by atoms with Crippen LogP contribution in [0.15, 0.2) is 0 Å². The molecule has 4 heteroatoms. The van der Waals surface area contributed by atoms with Crippen LogP contribution in [0, 0.1) is 5.92 Å². The first-order chi connectivity index (χ1) is 5.70. The van der Waals surface area contributed by atoms with E-state index in [0.29, 0.717) is 12.3 Å². The third-order valence-corrected chi connectivity index (χ3v) is 2.43. The number of carbonyl (C=O) groups excluding carboxylic acids is 1. The molecule has 1 saturated heterocycles. The largest absolute Gasteiger partial charge is 0.370 e. The molecule has 0 aromatic rings. The van der Waals surface area contributed by atoms with Crippen LogP contribution in [0.5, 0.6) is 0 Å². The Labute approximate surface area is 72.7 Å². The van der Waals surface area contributed by atoms with Gasteiger partial charge in [-0.25, -0.2) is 0 Å². The van der Waals surface area contributed by atoms with Gasteiger partial charge < -0.3 is 16.8 Å². The van der Waals surface area contributed by atoms with Crippen LogP contribution in [0.3, 0.4) is 0 Å². The summed E-state index contributed by atoms with van der Waals surface area (Å²) in [5, 5.41) is 3.25. The van der Waals surface area contributed by atoms with Gasteiger partial charge >= 0.3 is 0 Å². The third-order valence-electron chi connectivity index (χ3n) is 2.43. The van der Waals surface area contributed by atoms with Gasteiger partial charge in [0.1, 0.15) is 0 Å². The number of hydrogen-bond donors (Lipinski definition) is 3. The van der Waals surface area contributed by atoms with E-state index >= 15 is 0 Å². The van der Waals surface area contributed by atoms with Crippen LogP contribution in [0.4, 0.5) is 0 Å². The second kappa shape index (κ2) is 4.42. The highest BCUT2D eigenvalue weighted by Gasteiger charge is 2.21. The summed E-state index contributed by atoms with van der Waals surface area (Å²) in [5.74, 6) is 0.180. The second-order valence-electron chi connectivity index (χ2n) is 3.42.